The number of halogens is 1. The maximum Gasteiger partial charge on any atom is 0.339 e. The van der Waals surface area contributed by atoms with Gasteiger partial charge in [0.2, 0.25) is 0 Å². The minimum absolute atomic E-state index is 0.0733. The van der Waals surface area contributed by atoms with Crippen molar-refractivity contribution in [2.45, 2.75) is 19.9 Å². The topological polar surface area (TPSA) is 91.8 Å². The number of carbonyl (C=O) groups is 2. The molecule has 1 aromatic heterocycles. The zero-order valence-corrected chi connectivity index (χ0v) is 18.0. The molecule has 0 saturated heterocycles. The minimum Gasteiger partial charge on any atom is -0.496 e. The third kappa shape index (κ3) is 3.94. The molecule has 0 unspecified atom stereocenters. The molecule has 7 nitrogen and oxygen atoms in total. The summed E-state index contributed by atoms with van der Waals surface area (Å²) in [7, 11) is 1.37. The van der Waals surface area contributed by atoms with E-state index in [-0.39, 0.29) is 27.9 Å². The molecule has 0 atom stereocenters. The number of hydrogen-bond donors (Lipinski definition) is 2. The third-order valence-electron chi connectivity index (χ3n) is 5.57. The van der Waals surface area contributed by atoms with E-state index in [1.807, 2.05) is 24.3 Å². The van der Waals surface area contributed by atoms with E-state index >= 15 is 0 Å². The number of carbonyl (C=O) groups excluding carboxylic acids is 1. The average Bonchev–Trinajstić information content (AvgIpc) is 2.77. The number of rotatable bonds is 5. The lowest BCUT2D eigenvalue weighted by Crippen LogP contribution is -2.33. The molecule has 2 N–H and O–H groups in total. The Kier molecular flexibility index (Phi) is 5.80. The second-order valence-corrected chi connectivity index (χ2v) is 7.75. The smallest absolute Gasteiger partial charge is 0.339 e. The molecule has 31 heavy (non-hydrogen) atoms. The summed E-state index contributed by atoms with van der Waals surface area (Å²) < 4.78 is 5.17. The van der Waals surface area contributed by atoms with Gasteiger partial charge >= 0.3 is 5.97 Å². The SMILES string of the molecule is CCN1CCc2nc3ccccc3c(C(=O)Nc3cc(OC)c(C(=O)O)cc3Cl)c2C1. The number of carboxylic acid groups (broad SMARTS) is 1. The molecule has 1 aliphatic rings. The Morgan fingerprint density at radius 2 is 2.06 bits per heavy atom. The van der Waals surface area contributed by atoms with Crippen molar-refractivity contribution in [1.29, 1.82) is 0 Å². The van der Waals surface area contributed by atoms with Crippen LogP contribution in [0.25, 0.3) is 10.9 Å². The Hall–Kier alpha value is -3.16. The summed E-state index contributed by atoms with van der Waals surface area (Å²) >= 11 is 6.29. The number of fused-ring (bicyclic) bond motifs is 2. The Morgan fingerprint density at radius 1 is 1.29 bits per heavy atom. The van der Waals surface area contributed by atoms with E-state index in [1.165, 1.54) is 19.2 Å². The summed E-state index contributed by atoms with van der Waals surface area (Å²) in [5.41, 5.74) is 3.38. The van der Waals surface area contributed by atoms with Gasteiger partial charge in [-0.05, 0) is 18.7 Å². The molecule has 2 aromatic carbocycles. The number of amides is 1. The number of nitrogens with zero attached hydrogens (tertiary/aromatic N) is 2. The summed E-state index contributed by atoms with van der Waals surface area (Å²) in [4.78, 5) is 32.0. The van der Waals surface area contributed by atoms with Gasteiger partial charge in [0.05, 0.1) is 28.9 Å². The van der Waals surface area contributed by atoms with Crippen molar-refractivity contribution >= 4 is 40.1 Å². The highest BCUT2D eigenvalue weighted by molar-refractivity contribution is 6.34. The van der Waals surface area contributed by atoms with Crippen LogP contribution in [0.4, 0.5) is 5.69 Å². The number of benzene rings is 2. The van der Waals surface area contributed by atoms with Gasteiger partial charge in [-0.3, -0.25) is 14.7 Å². The molecular weight excluding hydrogens is 418 g/mol. The highest BCUT2D eigenvalue weighted by atomic mass is 35.5. The summed E-state index contributed by atoms with van der Waals surface area (Å²) in [5.74, 6) is -1.36. The first-order valence-electron chi connectivity index (χ1n) is 9.98. The highest BCUT2D eigenvalue weighted by Gasteiger charge is 2.26. The van der Waals surface area contributed by atoms with Crippen molar-refractivity contribution in [2.75, 3.05) is 25.5 Å². The second kappa shape index (κ2) is 8.53. The lowest BCUT2D eigenvalue weighted by molar-refractivity contribution is 0.0693. The monoisotopic (exact) mass is 439 g/mol. The van der Waals surface area contributed by atoms with Gasteiger partial charge in [-0.2, -0.15) is 0 Å². The fourth-order valence-electron chi connectivity index (χ4n) is 3.95. The molecule has 0 aliphatic carbocycles. The van der Waals surface area contributed by atoms with Crippen LogP contribution in [-0.4, -0.2) is 47.1 Å². The van der Waals surface area contributed by atoms with Gasteiger partial charge in [-0.25, -0.2) is 4.79 Å². The van der Waals surface area contributed by atoms with Crippen molar-refractivity contribution < 1.29 is 19.4 Å². The highest BCUT2D eigenvalue weighted by Crippen LogP contribution is 2.33. The fourth-order valence-corrected chi connectivity index (χ4v) is 4.16. The van der Waals surface area contributed by atoms with E-state index in [0.717, 1.165) is 41.7 Å². The molecule has 3 aromatic rings. The number of aromatic carboxylic acids is 1. The summed E-state index contributed by atoms with van der Waals surface area (Å²) in [5, 5.41) is 13.1. The van der Waals surface area contributed by atoms with Gasteiger partial charge in [0, 0.05) is 42.2 Å². The lowest BCUT2D eigenvalue weighted by atomic mass is 9.95. The van der Waals surface area contributed by atoms with Crippen molar-refractivity contribution in [1.82, 2.24) is 9.88 Å². The number of carboxylic acids is 1. The van der Waals surface area contributed by atoms with E-state index in [1.54, 1.807) is 0 Å². The van der Waals surface area contributed by atoms with E-state index in [9.17, 15) is 14.7 Å². The summed E-state index contributed by atoms with van der Waals surface area (Å²) in [6.07, 6.45) is 0.774. The zero-order chi connectivity index (χ0) is 22.1. The first kappa shape index (κ1) is 21.1. The molecular formula is C23H22ClN3O4. The van der Waals surface area contributed by atoms with Crippen LogP contribution in [0.3, 0.4) is 0 Å². The standard InChI is InChI=1S/C23H22ClN3O4/c1-3-27-9-8-18-15(12-27)21(13-6-4-5-7-17(13)25-18)22(28)26-19-11-20(31-2)14(23(29)30)10-16(19)24/h4-7,10-11H,3,8-9,12H2,1-2H3,(H,26,28)(H,29,30). The number of likely N-dealkylation sites (N-methyl/N-ethyl adjacent to an activating group) is 1. The van der Waals surface area contributed by atoms with Crippen LogP contribution >= 0.6 is 11.6 Å². The third-order valence-corrected chi connectivity index (χ3v) is 5.88. The van der Waals surface area contributed by atoms with Crippen molar-refractivity contribution in [3.05, 3.63) is 63.8 Å². The molecule has 1 aliphatic heterocycles. The van der Waals surface area contributed by atoms with Crippen molar-refractivity contribution in [2.24, 2.45) is 0 Å². The molecule has 0 fully saturated rings. The Morgan fingerprint density at radius 3 is 2.77 bits per heavy atom. The van der Waals surface area contributed by atoms with Crippen molar-refractivity contribution in [3.63, 3.8) is 0 Å². The van der Waals surface area contributed by atoms with Gasteiger partial charge in [0.1, 0.15) is 11.3 Å². The second-order valence-electron chi connectivity index (χ2n) is 7.34. The molecule has 8 heteroatoms. The van der Waals surface area contributed by atoms with Crippen LogP contribution in [0.1, 0.15) is 38.9 Å². The molecule has 160 valence electrons. The van der Waals surface area contributed by atoms with Gasteiger partial charge < -0.3 is 15.2 Å². The maximum atomic E-state index is 13.5. The number of ether oxygens (including phenoxy) is 1. The number of nitrogens with one attached hydrogen (secondary N) is 1. The van der Waals surface area contributed by atoms with E-state index < -0.39 is 5.97 Å². The number of methoxy groups -OCH3 is 1. The molecule has 2 heterocycles. The van der Waals surface area contributed by atoms with Crippen LogP contribution in [0.15, 0.2) is 36.4 Å². The average molecular weight is 440 g/mol. The van der Waals surface area contributed by atoms with Crippen LogP contribution in [-0.2, 0) is 13.0 Å². The van der Waals surface area contributed by atoms with Crippen LogP contribution in [0.5, 0.6) is 5.75 Å². The zero-order valence-electron chi connectivity index (χ0n) is 17.2. The van der Waals surface area contributed by atoms with Crippen LogP contribution < -0.4 is 10.1 Å². The first-order chi connectivity index (χ1) is 14.9. The minimum atomic E-state index is -1.16. The summed E-state index contributed by atoms with van der Waals surface area (Å²) in [6, 6.07) is 10.3. The van der Waals surface area contributed by atoms with Crippen LogP contribution in [0.2, 0.25) is 5.02 Å². The molecule has 0 saturated carbocycles. The molecule has 0 radical (unpaired) electrons. The molecule has 4 rings (SSSR count). The number of pyridine rings is 1. The van der Waals surface area contributed by atoms with E-state index in [4.69, 9.17) is 21.3 Å². The Bertz CT molecular complexity index is 1200. The first-order valence-corrected chi connectivity index (χ1v) is 10.4. The predicted molar refractivity (Wildman–Crippen MR) is 119 cm³/mol. The predicted octanol–water partition coefficient (Wildman–Crippen LogP) is 4.23. The van der Waals surface area contributed by atoms with Gasteiger partial charge in [-0.15, -0.1) is 0 Å². The summed E-state index contributed by atoms with van der Waals surface area (Å²) in [6.45, 7) is 4.51. The largest absolute Gasteiger partial charge is 0.496 e. The fraction of sp³-hybridized carbons (Fsp3) is 0.261. The maximum absolute atomic E-state index is 13.5. The van der Waals surface area contributed by atoms with E-state index in [0.29, 0.717) is 12.1 Å². The van der Waals surface area contributed by atoms with Gasteiger partial charge in [0.15, 0.2) is 0 Å². The van der Waals surface area contributed by atoms with Crippen LogP contribution in [0, 0.1) is 0 Å². The quantitative estimate of drug-likeness (QED) is 0.618. The normalized spacial score (nSPS) is 13.6. The number of aromatic nitrogens is 1. The number of anilines is 1. The molecule has 0 spiro atoms. The van der Waals surface area contributed by atoms with Gasteiger partial charge in [-0.1, -0.05) is 36.7 Å². The Labute approximate surface area is 184 Å². The number of hydrogen-bond acceptors (Lipinski definition) is 5. The molecule has 1 amide bonds. The molecule has 0 bridgehead atoms. The Balaban J connectivity index is 1.81. The van der Waals surface area contributed by atoms with E-state index in [2.05, 4.69) is 17.1 Å². The van der Waals surface area contributed by atoms with Gasteiger partial charge in [0.25, 0.3) is 5.91 Å². The lowest BCUT2D eigenvalue weighted by Gasteiger charge is -2.29. The number of para-hydroxylation sites is 1. The van der Waals surface area contributed by atoms with Crippen molar-refractivity contribution in [3.8, 4) is 5.75 Å².